The van der Waals surface area contributed by atoms with Gasteiger partial charge in [-0.25, -0.2) is 0 Å². The van der Waals surface area contributed by atoms with Gasteiger partial charge >= 0.3 is 21.2 Å². The molecule has 0 atom stereocenters. The molecule has 3 aromatic rings. The fourth-order valence-electron chi connectivity index (χ4n) is 3.12. The van der Waals surface area contributed by atoms with E-state index >= 15 is 0 Å². The highest BCUT2D eigenvalue weighted by Crippen LogP contribution is 2.28. The number of hydrogen-bond acceptors (Lipinski definition) is 1. The molecule has 3 aromatic carbocycles. The summed E-state index contributed by atoms with van der Waals surface area (Å²) in [6.45, 7) is 13.2. The molecule has 3 rings (SSSR count). The lowest BCUT2D eigenvalue weighted by atomic mass is 9.87. The number of hydrogen-bond donors (Lipinski definition) is 0. The minimum Gasteiger partial charge on any atom is -0.483 e. The van der Waals surface area contributed by atoms with Gasteiger partial charge in [0.05, 0.1) is 0 Å². The second kappa shape index (κ2) is 8.96. The highest BCUT2D eigenvalue weighted by atomic mass is 127. The first-order valence-electron chi connectivity index (χ1n) is 9.86. The Morgan fingerprint density at radius 3 is 1.90 bits per heavy atom. The third kappa shape index (κ3) is 5.97. The molecule has 152 valence electrons. The van der Waals surface area contributed by atoms with E-state index in [1.165, 1.54) is 27.4 Å². The summed E-state index contributed by atoms with van der Waals surface area (Å²) in [5, 5.41) is 0. The molecule has 0 radical (unpaired) electrons. The summed E-state index contributed by atoms with van der Waals surface area (Å²) in [4.78, 5) is 0. The maximum Gasteiger partial charge on any atom is 0.358 e. The van der Waals surface area contributed by atoms with Gasteiger partial charge in [0.1, 0.15) is 11.4 Å². The number of rotatable bonds is 5. The standard InChI is InChI=1S/C26H29I2O/c1-18-17-23(29-26(5,6)20-7-11-21(27)12-8-20)15-16-24(18)28-22-13-9-19(10-14-22)25(2,3)4/h7-17H,1-6H3/q+1. The largest absolute Gasteiger partial charge is 0.483 e. The summed E-state index contributed by atoms with van der Waals surface area (Å²) in [6, 6.07) is 24.3. The SMILES string of the molecule is Cc1cc(OC(C)(C)c2ccc(I)cc2)ccc1[I+]c1ccc(C(C)(C)C)cc1. The highest BCUT2D eigenvalue weighted by Gasteiger charge is 2.25. The van der Waals surface area contributed by atoms with Crippen LogP contribution in [0.25, 0.3) is 0 Å². The molecule has 0 aromatic heterocycles. The number of ether oxygens (including phenoxy) is 1. The molecule has 1 nitrogen and oxygen atoms in total. The van der Waals surface area contributed by atoms with Gasteiger partial charge in [-0.2, -0.15) is 0 Å². The first-order valence-corrected chi connectivity index (χ1v) is 13.1. The predicted molar refractivity (Wildman–Crippen MR) is 127 cm³/mol. The third-order valence-electron chi connectivity index (χ3n) is 4.96. The lowest BCUT2D eigenvalue weighted by Crippen LogP contribution is -3.61. The molecule has 0 saturated carbocycles. The second-order valence-corrected chi connectivity index (χ2v) is 13.1. The summed E-state index contributed by atoms with van der Waals surface area (Å²) < 4.78 is 10.5. The van der Waals surface area contributed by atoms with Gasteiger partial charge in [0.15, 0.2) is 7.14 Å². The van der Waals surface area contributed by atoms with Crippen LogP contribution in [0.2, 0.25) is 0 Å². The van der Waals surface area contributed by atoms with Crippen LogP contribution in [0.3, 0.4) is 0 Å². The van der Waals surface area contributed by atoms with Crippen LogP contribution in [-0.2, 0) is 11.0 Å². The van der Waals surface area contributed by atoms with E-state index in [0.717, 1.165) is 5.75 Å². The Morgan fingerprint density at radius 2 is 1.34 bits per heavy atom. The smallest absolute Gasteiger partial charge is 0.358 e. The zero-order chi connectivity index (χ0) is 21.2. The van der Waals surface area contributed by atoms with E-state index in [1.807, 2.05) is 0 Å². The molecule has 0 aliphatic carbocycles. The summed E-state index contributed by atoms with van der Waals surface area (Å²) in [5.41, 5.74) is 3.73. The molecular weight excluding hydrogens is 582 g/mol. The molecule has 0 aliphatic heterocycles. The van der Waals surface area contributed by atoms with E-state index in [4.69, 9.17) is 4.74 Å². The predicted octanol–water partition coefficient (Wildman–Crippen LogP) is 4.34. The Bertz CT molecular complexity index is 965. The monoisotopic (exact) mass is 611 g/mol. The van der Waals surface area contributed by atoms with E-state index in [0.29, 0.717) is 0 Å². The van der Waals surface area contributed by atoms with Crippen molar-refractivity contribution < 1.29 is 25.9 Å². The van der Waals surface area contributed by atoms with Gasteiger partial charge in [0.2, 0.25) is 0 Å². The van der Waals surface area contributed by atoms with Gasteiger partial charge in [0.25, 0.3) is 0 Å². The molecule has 0 saturated heterocycles. The highest BCUT2D eigenvalue weighted by molar-refractivity contribution is 14.1. The summed E-state index contributed by atoms with van der Waals surface area (Å²) in [6.07, 6.45) is 0. The normalized spacial score (nSPS) is 12.1. The van der Waals surface area contributed by atoms with E-state index in [2.05, 4.69) is 131 Å². The van der Waals surface area contributed by atoms with Crippen LogP contribution in [0.4, 0.5) is 0 Å². The number of benzene rings is 3. The van der Waals surface area contributed by atoms with Crippen LogP contribution in [0.5, 0.6) is 5.75 Å². The summed E-state index contributed by atoms with van der Waals surface area (Å²) in [5.74, 6) is 0.932. The minimum absolute atomic E-state index is 0.194. The Balaban J connectivity index is 1.74. The topological polar surface area (TPSA) is 9.23 Å². The van der Waals surface area contributed by atoms with Gasteiger partial charge in [-0.15, -0.1) is 0 Å². The first kappa shape index (κ1) is 22.6. The molecule has 0 bridgehead atoms. The Hall–Kier alpha value is -1.08. The molecule has 0 aliphatic rings. The molecule has 0 N–H and O–H groups in total. The zero-order valence-electron chi connectivity index (χ0n) is 18.0. The fourth-order valence-corrected chi connectivity index (χ4v) is 5.81. The number of aryl methyl sites for hydroxylation is 1. The van der Waals surface area contributed by atoms with Gasteiger partial charge < -0.3 is 4.74 Å². The molecule has 0 spiro atoms. The molecule has 29 heavy (non-hydrogen) atoms. The van der Waals surface area contributed by atoms with Crippen LogP contribution < -0.4 is 25.9 Å². The van der Waals surface area contributed by atoms with Crippen molar-refractivity contribution in [3.63, 3.8) is 0 Å². The van der Waals surface area contributed by atoms with Crippen LogP contribution >= 0.6 is 22.6 Å². The lowest BCUT2D eigenvalue weighted by Gasteiger charge is -2.27. The van der Waals surface area contributed by atoms with Gasteiger partial charge in [-0.05, 0) is 102 Å². The van der Waals surface area contributed by atoms with Crippen molar-refractivity contribution in [2.24, 2.45) is 0 Å². The van der Waals surface area contributed by atoms with Crippen molar-refractivity contribution in [2.75, 3.05) is 0 Å². The Kier molecular flexibility index (Phi) is 6.99. The van der Waals surface area contributed by atoms with E-state index < -0.39 is 0 Å². The molecule has 0 unspecified atom stereocenters. The quantitative estimate of drug-likeness (QED) is 0.391. The molecule has 0 fully saturated rings. The first-order chi connectivity index (χ1) is 13.5. The second-order valence-electron chi connectivity index (χ2n) is 8.88. The molecular formula is C26H29I2O+. The van der Waals surface area contributed by atoms with Crippen molar-refractivity contribution in [1.82, 2.24) is 0 Å². The molecule has 0 heterocycles. The average Bonchev–Trinajstić information content (AvgIpc) is 2.64. The van der Waals surface area contributed by atoms with Crippen LogP contribution in [-0.4, -0.2) is 0 Å². The van der Waals surface area contributed by atoms with Crippen molar-refractivity contribution in [2.45, 2.75) is 52.6 Å². The summed E-state index contributed by atoms with van der Waals surface area (Å²) >= 11 is 2.14. The van der Waals surface area contributed by atoms with Gasteiger partial charge in [0, 0.05) is 9.13 Å². The minimum atomic E-state index is -0.365. The Morgan fingerprint density at radius 1 is 0.759 bits per heavy atom. The van der Waals surface area contributed by atoms with Crippen molar-refractivity contribution >= 4 is 22.6 Å². The van der Waals surface area contributed by atoms with E-state index in [9.17, 15) is 0 Å². The van der Waals surface area contributed by atoms with Crippen LogP contribution in [0, 0.1) is 17.6 Å². The summed E-state index contributed by atoms with van der Waals surface area (Å²) in [7, 11) is 0. The average molecular weight is 611 g/mol. The maximum atomic E-state index is 6.38. The van der Waals surface area contributed by atoms with Gasteiger partial charge in [-0.3, -0.25) is 0 Å². The number of halogens is 2. The third-order valence-corrected chi connectivity index (χ3v) is 8.82. The van der Waals surface area contributed by atoms with Crippen molar-refractivity contribution in [3.8, 4) is 5.75 Å². The van der Waals surface area contributed by atoms with Crippen LogP contribution in [0.1, 0.15) is 51.3 Å². The van der Waals surface area contributed by atoms with Crippen molar-refractivity contribution in [3.05, 3.63) is 94.1 Å². The fraction of sp³-hybridized carbons (Fsp3) is 0.308. The molecule has 0 amide bonds. The zero-order valence-corrected chi connectivity index (χ0v) is 22.3. The van der Waals surface area contributed by atoms with Crippen molar-refractivity contribution in [1.29, 1.82) is 0 Å². The van der Waals surface area contributed by atoms with Crippen LogP contribution in [0.15, 0.2) is 66.7 Å². The Labute approximate surface area is 199 Å². The van der Waals surface area contributed by atoms with Gasteiger partial charge in [-0.1, -0.05) is 45.0 Å². The van der Waals surface area contributed by atoms with E-state index in [1.54, 1.807) is 0 Å². The lowest BCUT2D eigenvalue weighted by molar-refractivity contribution is -0.598. The molecule has 3 heteroatoms. The van der Waals surface area contributed by atoms with E-state index in [-0.39, 0.29) is 32.2 Å². The maximum absolute atomic E-state index is 6.38.